The lowest BCUT2D eigenvalue weighted by molar-refractivity contribution is -0.113. The lowest BCUT2D eigenvalue weighted by Crippen LogP contribution is -2.15. The number of nitrogens with two attached hydrogens (primary N) is 1. The number of anilines is 1. The van der Waals surface area contributed by atoms with E-state index in [-0.39, 0.29) is 18.3 Å². The van der Waals surface area contributed by atoms with E-state index in [1.54, 1.807) is 30.3 Å². The highest BCUT2D eigenvalue weighted by Gasteiger charge is 2.14. The summed E-state index contributed by atoms with van der Waals surface area (Å²) >= 11 is 1.26. The van der Waals surface area contributed by atoms with Crippen LogP contribution in [-0.4, -0.2) is 32.3 Å². The fourth-order valence-electron chi connectivity index (χ4n) is 2.55. The third-order valence-electron chi connectivity index (χ3n) is 4.00. The zero-order chi connectivity index (χ0) is 21.3. The summed E-state index contributed by atoms with van der Waals surface area (Å²) in [6.07, 6.45) is 1.74. The van der Waals surface area contributed by atoms with Gasteiger partial charge in [0.15, 0.2) is 11.0 Å². The Bertz CT molecular complexity index is 1020. The van der Waals surface area contributed by atoms with Gasteiger partial charge >= 0.3 is 0 Å². The van der Waals surface area contributed by atoms with E-state index in [0.29, 0.717) is 28.8 Å². The highest BCUT2D eigenvalue weighted by molar-refractivity contribution is 7.99. The van der Waals surface area contributed by atoms with Crippen LogP contribution in [0.3, 0.4) is 0 Å². The van der Waals surface area contributed by atoms with Crippen molar-refractivity contribution in [3.8, 4) is 5.75 Å². The molecule has 0 radical (unpaired) electrons. The third-order valence-corrected chi connectivity index (χ3v) is 4.97. The predicted octanol–water partition coefficient (Wildman–Crippen LogP) is 2.87. The molecule has 1 aromatic heterocycles. The number of primary amides is 1. The van der Waals surface area contributed by atoms with Crippen LogP contribution in [0, 0.1) is 0 Å². The van der Waals surface area contributed by atoms with Crippen LogP contribution in [0.4, 0.5) is 5.69 Å². The van der Waals surface area contributed by atoms with Crippen LogP contribution in [0.2, 0.25) is 0 Å². The van der Waals surface area contributed by atoms with Gasteiger partial charge in [-0.15, -0.1) is 16.8 Å². The summed E-state index contributed by atoms with van der Waals surface area (Å²) in [5.74, 6) is 0.802. The quantitative estimate of drug-likeness (QED) is 0.383. The van der Waals surface area contributed by atoms with E-state index >= 15 is 0 Å². The maximum Gasteiger partial charge on any atom is 0.248 e. The minimum atomic E-state index is -0.517. The first-order valence-corrected chi connectivity index (χ1v) is 10.1. The molecule has 0 aliphatic heterocycles. The van der Waals surface area contributed by atoms with E-state index in [2.05, 4.69) is 22.1 Å². The number of ether oxygens (including phenoxy) is 1. The van der Waals surface area contributed by atoms with Crippen molar-refractivity contribution in [1.82, 2.24) is 14.8 Å². The maximum absolute atomic E-state index is 12.3. The number of hydrogen-bond donors (Lipinski definition) is 2. The van der Waals surface area contributed by atoms with Crippen molar-refractivity contribution in [2.45, 2.75) is 18.3 Å². The molecule has 0 aliphatic rings. The minimum Gasteiger partial charge on any atom is -0.486 e. The number of carbonyl (C=O) groups excluding carboxylic acids is 2. The summed E-state index contributed by atoms with van der Waals surface area (Å²) in [7, 11) is 0. The van der Waals surface area contributed by atoms with Crippen molar-refractivity contribution in [1.29, 1.82) is 0 Å². The molecule has 30 heavy (non-hydrogen) atoms. The monoisotopic (exact) mass is 423 g/mol. The first-order valence-electron chi connectivity index (χ1n) is 9.10. The van der Waals surface area contributed by atoms with Gasteiger partial charge in [0.1, 0.15) is 12.4 Å². The fourth-order valence-corrected chi connectivity index (χ4v) is 3.32. The second kappa shape index (κ2) is 10.3. The van der Waals surface area contributed by atoms with Crippen molar-refractivity contribution in [3.63, 3.8) is 0 Å². The second-order valence-corrected chi connectivity index (χ2v) is 7.12. The van der Waals surface area contributed by atoms with Gasteiger partial charge in [-0.05, 0) is 36.4 Å². The van der Waals surface area contributed by atoms with Gasteiger partial charge in [0.2, 0.25) is 11.8 Å². The third kappa shape index (κ3) is 5.71. The molecule has 0 fully saturated rings. The molecule has 3 aromatic rings. The number of benzene rings is 2. The number of rotatable bonds is 10. The van der Waals surface area contributed by atoms with Crippen LogP contribution in [-0.2, 0) is 17.9 Å². The van der Waals surface area contributed by atoms with Gasteiger partial charge in [0.05, 0.1) is 5.75 Å². The maximum atomic E-state index is 12.3. The number of carbonyl (C=O) groups is 2. The lowest BCUT2D eigenvalue weighted by atomic mass is 10.2. The number of allylic oxidation sites excluding steroid dienone is 1. The molecule has 3 rings (SSSR count). The Morgan fingerprint density at radius 2 is 1.87 bits per heavy atom. The number of para-hydroxylation sites is 1. The topological polar surface area (TPSA) is 112 Å². The molecule has 1 heterocycles. The second-order valence-electron chi connectivity index (χ2n) is 6.18. The SMILES string of the molecule is C=CCn1c(COc2ccccc2)nnc1SCC(=O)Nc1ccc(C(N)=O)cc1. The van der Waals surface area contributed by atoms with E-state index in [1.165, 1.54) is 11.8 Å². The smallest absolute Gasteiger partial charge is 0.248 e. The summed E-state index contributed by atoms with van der Waals surface area (Å²) in [4.78, 5) is 23.4. The van der Waals surface area contributed by atoms with Gasteiger partial charge < -0.3 is 15.8 Å². The average molecular weight is 423 g/mol. The van der Waals surface area contributed by atoms with Crippen LogP contribution in [0.15, 0.2) is 72.4 Å². The molecule has 2 aromatic carbocycles. The molecule has 0 saturated carbocycles. The standard InChI is InChI=1S/C21H21N5O3S/c1-2-12-26-18(13-29-17-6-4-3-5-7-17)24-25-21(26)30-14-19(27)23-16-10-8-15(9-11-16)20(22)28/h2-11H,1,12-14H2,(H2,22,28)(H,23,27). The highest BCUT2D eigenvalue weighted by Crippen LogP contribution is 2.19. The number of thioether (sulfide) groups is 1. The van der Waals surface area contributed by atoms with Crippen molar-refractivity contribution in [2.75, 3.05) is 11.1 Å². The Balaban J connectivity index is 1.58. The van der Waals surface area contributed by atoms with Crippen molar-refractivity contribution < 1.29 is 14.3 Å². The first kappa shape index (κ1) is 21.1. The summed E-state index contributed by atoms with van der Waals surface area (Å²) in [6, 6.07) is 15.8. The number of nitrogens with zero attached hydrogens (tertiary/aromatic N) is 3. The van der Waals surface area contributed by atoms with Crippen molar-refractivity contribution in [2.24, 2.45) is 5.73 Å². The molecule has 3 N–H and O–H groups in total. The normalized spacial score (nSPS) is 10.4. The molecular formula is C21H21N5O3S. The van der Waals surface area contributed by atoms with Gasteiger partial charge in [-0.2, -0.15) is 0 Å². The Morgan fingerprint density at radius 1 is 1.13 bits per heavy atom. The molecule has 0 spiro atoms. The van der Waals surface area contributed by atoms with Gasteiger partial charge in [0.25, 0.3) is 0 Å². The van der Waals surface area contributed by atoms with E-state index < -0.39 is 5.91 Å². The van der Waals surface area contributed by atoms with Crippen LogP contribution >= 0.6 is 11.8 Å². The van der Waals surface area contributed by atoms with Gasteiger partial charge in [-0.25, -0.2) is 0 Å². The zero-order valence-corrected chi connectivity index (χ0v) is 17.0. The molecule has 0 bridgehead atoms. The van der Waals surface area contributed by atoms with Crippen LogP contribution in [0.25, 0.3) is 0 Å². The van der Waals surface area contributed by atoms with E-state index in [0.717, 1.165) is 5.75 Å². The number of aromatic nitrogens is 3. The molecule has 0 atom stereocenters. The molecule has 9 heteroatoms. The minimum absolute atomic E-state index is 0.145. The Labute approximate surface area is 178 Å². The van der Waals surface area contributed by atoms with Gasteiger partial charge in [0, 0.05) is 17.8 Å². The lowest BCUT2D eigenvalue weighted by Gasteiger charge is -2.09. The highest BCUT2D eigenvalue weighted by atomic mass is 32.2. The van der Waals surface area contributed by atoms with Gasteiger partial charge in [-0.1, -0.05) is 36.0 Å². The van der Waals surface area contributed by atoms with Gasteiger partial charge in [-0.3, -0.25) is 14.2 Å². The zero-order valence-electron chi connectivity index (χ0n) is 16.2. The Hall–Kier alpha value is -3.59. The molecule has 0 saturated heterocycles. The summed E-state index contributed by atoms with van der Waals surface area (Å²) < 4.78 is 7.60. The summed E-state index contributed by atoms with van der Waals surface area (Å²) in [5, 5.41) is 11.7. The first-order chi connectivity index (χ1) is 14.6. The average Bonchev–Trinajstić information content (AvgIpc) is 3.14. The number of nitrogens with one attached hydrogen (secondary N) is 1. The Kier molecular flexibility index (Phi) is 7.23. The fraction of sp³-hybridized carbons (Fsp3) is 0.143. The molecule has 0 unspecified atom stereocenters. The molecule has 154 valence electrons. The number of hydrogen-bond acceptors (Lipinski definition) is 6. The van der Waals surface area contributed by atoms with Crippen molar-refractivity contribution >= 4 is 29.3 Å². The van der Waals surface area contributed by atoms with E-state index in [1.807, 2.05) is 34.9 Å². The van der Waals surface area contributed by atoms with Crippen LogP contribution < -0.4 is 15.8 Å². The molecule has 8 nitrogen and oxygen atoms in total. The predicted molar refractivity (Wildman–Crippen MR) is 115 cm³/mol. The summed E-state index contributed by atoms with van der Waals surface area (Å²) in [6.45, 7) is 4.52. The van der Waals surface area contributed by atoms with Crippen LogP contribution in [0.5, 0.6) is 5.75 Å². The van der Waals surface area contributed by atoms with E-state index in [4.69, 9.17) is 10.5 Å². The van der Waals surface area contributed by atoms with Crippen molar-refractivity contribution in [3.05, 3.63) is 78.6 Å². The number of amides is 2. The Morgan fingerprint density at radius 3 is 2.53 bits per heavy atom. The molecular weight excluding hydrogens is 402 g/mol. The summed E-state index contributed by atoms with van der Waals surface area (Å²) in [5.41, 5.74) is 6.17. The largest absolute Gasteiger partial charge is 0.486 e. The van der Waals surface area contributed by atoms with Crippen LogP contribution in [0.1, 0.15) is 16.2 Å². The van der Waals surface area contributed by atoms with E-state index in [9.17, 15) is 9.59 Å². The molecule has 2 amide bonds. The molecule has 0 aliphatic carbocycles.